The molecule has 1 spiro atoms. The summed E-state index contributed by atoms with van der Waals surface area (Å²) in [5.41, 5.74) is 0.218. The van der Waals surface area contributed by atoms with Crippen LogP contribution in [0.3, 0.4) is 0 Å². The van der Waals surface area contributed by atoms with Crippen LogP contribution in [0.1, 0.15) is 36.5 Å². The molecular formula is C17H24N4O2. The van der Waals surface area contributed by atoms with Crippen molar-refractivity contribution in [1.29, 1.82) is 0 Å². The van der Waals surface area contributed by atoms with Crippen LogP contribution >= 0.6 is 0 Å². The molecular weight excluding hydrogens is 292 g/mol. The predicted molar refractivity (Wildman–Crippen MR) is 88.2 cm³/mol. The molecule has 2 saturated heterocycles. The summed E-state index contributed by atoms with van der Waals surface area (Å²) in [5, 5.41) is 2.96. The maximum absolute atomic E-state index is 12.8. The first kappa shape index (κ1) is 15.8. The lowest BCUT2D eigenvalue weighted by Gasteiger charge is -2.23. The number of likely N-dealkylation sites (tertiary alicyclic amines) is 2. The standard InChI is InChI=1S/C17H24N4O2/c1-3-9-20-10-6-17(16(20)23)7-11-21(12-17)15(22)13-5-4-8-19-14(13)18-2/h4-5,8H,3,6-7,9-12H2,1-2H3,(H,18,19). The van der Waals surface area contributed by atoms with Gasteiger partial charge in [-0.1, -0.05) is 6.92 Å². The Morgan fingerprint density at radius 3 is 2.91 bits per heavy atom. The molecule has 2 fully saturated rings. The van der Waals surface area contributed by atoms with Crippen LogP contribution in [-0.2, 0) is 4.79 Å². The Kier molecular flexibility index (Phi) is 4.24. The molecule has 3 rings (SSSR count). The molecule has 1 aromatic rings. The van der Waals surface area contributed by atoms with E-state index in [0.29, 0.717) is 24.5 Å². The van der Waals surface area contributed by atoms with Gasteiger partial charge in [0.15, 0.2) is 0 Å². The zero-order valence-electron chi connectivity index (χ0n) is 13.8. The van der Waals surface area contributed by atoms with Crippen LogP contribution in [0.5, 0.6) is 0 Å². The molecule has 23 heavy (non-hydrogen) atoms. The quantitative estimate of drug-likeness (QED) is 0.916. The molecule has 1 N–H and O–H groups in total. The molecule has 1 unspecified atom stereocenters. The lowest BCUT2D eigenvalue weighted by molar-refractivity contribution is -0.135. The summed E-state index contributed by atoms with van der Waals surface area (Å²) in [6, 6.07) is 3.55. The third-order valence-corrected chi connectivity index (χ3v) is 5.01. The van der Waals surface area contributed by atoms with Crippen molar-refractivity contribution in [3.8, 4) is 0 Å². The SMILES string of the molecule is CCCN1CCC2(CCN(C(=O)c3cccnc3NC)C2)C1=O. The minimum Gasteiger partial charge on any atom is -0.372 e. The van der Waals surface area contributed by atoms with Gasteiger partial charge < -0.3 is 15.1 Å². The topological polar surface area (TPSA) is 65.5 Å². The second-order valence-corrected chi connectivity index (χ2v) is 6.45. The highest BCUT2D eigenvalue weighted by molar-refractivity contribution is 5.99. The highest BCUT2D eigenvalue weighted by Crippen LogP contribution is 2.41. The van der Waals surface area contributed by atoms with E-state index in [1.807, 2.05) is 9.80 Å². The first-order chi connectivity index (χ1) is 11.1. The van der Waals surface area contributed by atoms with Crippen molar-refractivity contribution in [3.63, 3.8) is 0 Å². The van der Waals surface area contributed by atoms with Crippen LogP contribution in [0.25, 0.3) is 0 Å². The average molecular weight is 316 g/mol. The molecule has 0 aliphatic carbocycles. The van der Waals surface area contributed by atoms with Gasteiger partial charge in [0, 0.05) is 39.4 Å². The highest BCUT2D eigenvalue weighted by Gasteiger charge is 2.51. The summed E-state index contributed by atoms with van der Waals surface area (Å²) in [4.78, 5) is 33.5. The van der Waals surface area contributed by atoms with Crippen molar-refractivity contribution in [2.75, 3.05) is 38.5 Å². The van der Waals surface area contributed by atoms with Crippen molar-refractivity contribution in [3.05, 3.63) is 23.9 Å². The summed E-state index contributed by atoms with van der Waals surface area (Å²) in [7, 11) is 1.76. The first-order valence-electron chi connectivity index (χ1n) is 8.33. The number of aromatic nitrogens is 1. The summed E-state index contributed by atoms with van der Waals surface area (Å²) >= 11 is 0. The van der Waals surface area contributed by atoms with Crippen molar-refractivity contribution in [2.24, 2.45) is 5.41 Å². The third-order valence-electron chi connectivity index (χ3n) is 5.01. The third kappa shape index (κ3) is 2.66. The molecule has 0 radical (unpaired) electrons. The van der Waals surface area contributed by atoms with Crippen molar-refractivity contribution < 1.29 is 9.59 Å². The highest BCUT2D eigenvalue weighted by atomic mass is 16.2. The van der Waals surface area contributed by atoms with E-state index in [9.17, 15) is 9.59 Å². The largest absolute Gasteiger partial charge is 0.372 e. The maximum Gasteiger partial charge on any atom is 0.257 e. The summed E-state index contributed by atoms with van der Waals surface area (Å²) in [6.07, 6.45) is 4.28. The molecule has 1 aromatic heterocycles. The Morgan fingerprint density at radius 1 is 1.39 bits per heavy atom. The smallest absolute Gasteiger partial charge is 0.257 e. The number of amides is 2. The lowest BCUT2D eigenvalue weighted by atomic mass is 9.85. The van der Waals surface area contributed by atoms with Gasteiger partial charge in [-0.3, -0.25) is 9.59 Å². The van der Waals surface area contributed by atoms with E-state index in [-0.39, 0.29) is 17.2 Å². The fourth-order valence-corrected chi connectivity index (χ4v) is 3.75. The molecule has 3 heterocycles. The number of carbonyl (C=O) groups excluding carboxylic acids is 2. The molecule has 2 amide bonds. The fraction of sp³-hybridized carbons (Fsp3) is 0.588. The molecule has 2 aliphatic rings. The van der Waals surface area contributed by atoms with Crippen LogP contribution in [0, 0.1) is 5.41 Å². The van der Waals surface area contributed by atoms with Gasteiger partial charge in [0.2, 0.25) is 5.91 Å². The minimum atomic E-state index is -0.354. The molecule has 1 atom stereocenters. The number of nitrogens with one attached hydrogen (secondary N) is 1. The number of nitrogens with zero attached hydrogens (tertiary/aromatic N) is 3. The fourth-order valence-electron chi connectivity index (χ4n) is 3.75. The Balaban J connectivity index is 1.75. The number of rotatable bonds is 4. The Hall–Kier alpha value is -2.11. The van der Waals surface area contributed by atoms with E-state index in [0.717, 1.165) is 32.4 Å². The first-order valence-corrected chi connectivity index (χ1v) is 8.33. The zero-order chi connectivity index (χ0) is 16.4. The molecule has 2 aliphatic heterocycles. The van der Waals surface area contributed by atoms with E-state index < -0.39 is 0 Å². The van der Waals surface area contributed by atoms with Gasteiger partial charge in [-0.25, -0.2) is 4.98 Å². The van der Waals surface area contributed by atoms with E-state index >= 15 is 0 Å². The number of hydrogen-bond donors (Lipinski definition) is 1. The summed E-state index contributed by atoms with van der Waals surface area (Å²) < 4.78 is 0. The number of pyridine rings is 1. The van der Waals surface area contributed by atoms with Gasteiger partial charge >= 0.3 is 0 Å². The van der Waals surface area contributed by atoms with Gasteiger partial charge in [0.05, 0.1) is 11.0 Å². The van der Waals surface area contributed by atoms with Crippen LogP contribution in [-0.4, -0.2) is 59.8 Å². The minimum absolute atomic E-state index is 0.0407. The molecule has 124 valence electrons. The van der Waals surface area contributed by atoms with Gasteiger partial charge in [-0.2, -0.15) is 0 Å². The zero-order valence-corrected chi connectivity index (χ0v) is 13.8. The Labute approximate surface area is 136 Å². The van der Waals surface area contributed by atoms with Crippen LogP contribution in [0.2, 0.25) is 0 Å². The van der Waals surface area contributed by atoms with Gasteiger partial charge in [0.25, 0.3) is 5.91 Å². The Morgan fingerprint density at radius 2 is 2.17 bits per heavy atom. The second-order valence-electron chi connectivity index (χ2n) is 6.45. The van der Waals surface area contributed by atoms with Crippen LogP contribution in [0.15, 0.2) is 18.3 Å². The van der Waals surface area contributed by atoms with Crippen molar-refractivity contribution >= 4 is 17.6 Å². The molecule has 6 heteroatoms. The van der Waals surface area contributed by atoms with Crippen LogP contribution in [0.4, 0.5) is 5.82 Å². The van der Waals surface area contributed by atoms with Crippen molar-refractivity contribution in [1.82, 2.24) is 14.8 Å². The summed E-state index contributed by atoms with van der Waals surface area (Å²) in [6.45, 7) is 4.90. The number of anilines is 1. The molecule has 0 bridgehead atoms. The van der Waals surface area contributed by atoms with Gasteiger partial charge in [-0.15, -0.1) is 0 Å². The van der Waals surface area contributed by atoms with Crippen LogP contribution < -0.4 is 5.32 Å². The number of hydrogen-bond acceptors (Lipinski definition) is 4. The molecule has 6 nitrogen and oxygen atoms in total. The van der Waals surface area contributed by atoms with Crippen molar-refractivity contribution in [2.45, 2.75) is 26.2 Å². The monoisotopic (exact) mass is 316 g/mol. The normalized spacial score (nSPS) is 23.8. The summed E-state index contributed by atoms with van der Waals surface area (Å²) in [5.74, 6) is 0.777. The molecule has 0 saturated carbocycles. The molecule has 0 aromatic carbocycles. The maximum atomic E-state index is 12.8. The lowest BCUT2D eigenvalue weighted by Crippen LogP contribution is -2.38. The van der Waals surface area contributed by atoms with E-state index in [4.69, 9.17) is 0 Å². The average Bonchev–Trinajstić information content (AvgIpc) is 3.14. The predicted octanol–water partition coefficient (Wildman–Crippen LogP) is 1.60. The van der Waals surface area contributed by atoms with E-state index in [1.54, 1.807) is 25.4 Å². The van der Waals surface area contributed by atoms with E-state index in [1.165, 1.54) is 0 Å². The Bertz CT molecular complexity index is 618. The van der Waals surface area contributed by atoms with E-state index in [2.05, 4.69) is 17.2 Å². The van der Waals surface area contributed by atoms with Gasteiger partial charge in [-0.05, 0) is 31.4 Å². The second kappa shape index (κ2) is 6.18. The number of carbonyl (C=O) groups is 2. The van der Waals surface area contributed by atoms with Gasteiger partial charge in [0.1, 0.15) is 5.82 Å².